The van der Waals surface area contributed by atoms with E-state index in [-0.39, 0.29) is 11.4 Å². The number of aryl methyl sites for hydroxylation is 1. The molecule has 72 valence electrons. The number of nitrogens with one attached hydrogen (secondary N) is 1. The highest BCUT2D eigenvalue weighted by atomic mass is 35.5. The Balaban J connectivity index is 3.37. The van der Waals surface area contributed by atoms with Gasteiger partial charge in [-0.25, -0.2) is 8.78 Å². The molecule has 0 radical (unpaired) electrons. The second kappa shape index (κ2) is 3.87. The first kappa shape index (κ1) is 10.2. The van der Waals surface area contributed by atoms with Gasteiger partial charge in [0.1, 0.15) is 0 Å². The van der Waals surface area contributed by atoms with Crippen LogP contribution >= 0.6 is 11.6 Å². The molecule has 0 unspecified atom stereocenters. The van der Waals surface area contributed by atoms with Gasteiger partial charge in [0.25, 0.3) is 6.43 Å². The second-order valence-corrected chi connectivity index (χ2v) is 2.88. The van der Waals surface area contributed by atoms with Gasteiger partial charge in [-0.1, -0.05) is 0 Å². The van der Waals surface area contributed by atoms with E-state index in [4.69, 9.17) is 11.6 Å². The molecule has 1 aromatic heterocycles. The molecule has 0 aliphatic heterocycles. The minimum absolute atomic E-state index is 0.0538. The number of aromatic amines is 1. The van der Waals surface area contributed by atoms with Crippen molar-refractivity contribution in [3.05, 3.63) is 33.2 Å². The van der Waals surface area contributed by atoms with Crippen LogP contribution in [0.4, 0.5) is 8.78 Å². The van der Waals surface area contributed by atoms with Crippen LogP contribution in [-0.2, 0) is 5.88 Å². The first-order valence-corrected chi connectivity index (χ1v) is 4.16. The number of alkyl halides is 3. The molecule has 0 aliphatic rings. The summed E-state index contributed by atoms with van der Waals surface area (Å²) >= 11 is 5.45. The van der Waals surface area contributed by atoms with E-state index in [1.165, 1.54) is 0 Å². The van der Waals surface area contributed by atoms with E-state index in [9.17, 15) is 13.6 Å². The summed E-state index contributed by atoms with van der Waals surface area (Å²) in [6.45, 7) is 1.62. The second-order valence-electron chi connectivity index (χ2n) is 2.61. The third-order valence-electron chi connectivity index (χ3n) is 1.80. The molecule has 0 spiro atoms. The van der Waals surface area contributed by atoms with Crippen LogP contribution in [0.25, 0.3) is 0 Å². The van der Waals surface area contributed by atoms with Gasteiger partial charge in [0.15, 0.2) is 5.43 Å². The maximum Gasteiger partial charge on any atom is 0.269 e. The maximum absolute atomic E-state index is 12.2. The first-order chi connectivity index (χ1) is 6.07. The van der Waals surface area contributed by atoms with Crippen molar-refractivity contribution >= 4 is 11.6 Å². The number of halogens is 3. The van der Waals surface area contributed by atoms with Gasteiger partial charge in [-0.2, -0.15) is 0 Å². The number of hydrogen-bond acceptors (Lipinski definition) is 1. The zero-order valence-corrected chi connectivity index (χ0v) is 7.66. The van der Waals surface area contributed by atoms with Crippen molar-refractivity contribution < 1.29 is 8.78 Å². The molecule has 0 atom stereocenters. The minimum Gasteiger partial charge on any atom is -0.364 e. The quantitative estimate of drug-likeness (QED) is 0.742. The van der Waals surface area contributed by atoms with E-state index in [1.807, 2.05) is 0 Å². The van der Waals surface area contributed by atoms with E-state index >= 15 is 0 Å². The van der Waals surface area contributed by atoms with Crippen molar-refractivity contribution in [2.24, 2.45) is 0 Å². The molecular formula is C8H8ClF2NO. The van der Waals surface area contributed by atoms with Gasteiger partial charge < -0.3 is 4.98 Å². The van der Waals surface area contributed by atoms with E-state index in [0.717, 1.165) is 6.20 Å². The van der Waals surface area contributed by atoms with Crippen molar-refractivity contribution in [2.45, 2.75) is 19.2 Å². The van der Waals surface area contributed by atoms with E-state index in [2.05, 4.69) is 4.98 Å². The predicted octanol–water partition coefficient (Wildman–Crippen LogP) is 2.36. The Labute approximate surface area is 78.5 Å². The van der Waals surface area contributed by atoms with Crippen LogP contribution in [0.5, 0.6) is 0 Å². The van der Waals surface area contributed by atoms with Crippen LogP contribution in [0.1, 0.15) is 23.2 Å². The molecule has 2 nitrogen and oxygen atoms in total. The van der Waals surface area contributed by atoms with Crippen LogP contribution in [0.15, 0.2) is 11.0 Å². The van der Waals surface area contributed by atoms with Crippen molar-refractivity contribution in [2.75, 3.05) is 0 Å². The summed E-state index contributed by atoms with van der Waals surface area (Å²) in [5.74, 6) is -0.0538. The molecule has 0 aromatic carbocycles. The normalized spacial score (nSPS) is 10.8. The Morgan fingerprint density at radius 3 is 2.69 bits per heavy atom. The molecule has 0 saturated carbocycles. The Kier molecular flexibility index (Phi) is 3.03. The molecule has 1 rings (SSSR count). The molecule has 0 amide bonds. The SMILES string of the molecule is Cc1[nH]cc(C(F)F)c(=O)c1CCl. The largest absolute Gasteiger partial charge is 0.364 e. The van der Waals surface area contributed by atoms with Gasteiger partial charge in [-0.05, 0) is 6.92 Å². The summed E-state index contributed by atoms with van der Waals surface area (Å²) in [6, 6.07) is 0. The summed E-state index contributed by atoms with van der Waals surface area (Å²) in [6.07, 6.45) is -1.73. The third kappa shape index (κ3) is 1.88. The van der Waals surface area contributed by atoms with Crippen LogP contribution in [0, 0.1) is 6.92 Å². The highest BCUT2D eigenvalue weighted by Crippen LogP contribution is 2.15. The van der Waals surface area contributed by atoms with Crippen LogP contribution in [0.2, 0.25) is 0 Å². The molecular weight excluding hydrogens is 200 g/mol. The van der Waals surface area contributed by atoms with Crippen LogP contribution < -0.4 is 5.43 Å². The Morgan fingerprint density at radius 1 is 1.62 bits per heavy atom. The monoisotopic (exact) mass is 207 g/mol. The molecule has 1 N–H and O–H groups in total. The number of pyridine rings is 1. The van der Waals surface area contributed by atoms with Crippen molar-refractivity contribution in [3.8, 4) is 0 Å². The smallest absolute Gasteiger partial charge is 0.269 e. The summed E-state index contributed by atoms with van der Waals surface area (Å²) in [7, 11) is 0. The Hall–Kier alpha value is -0.900. The van der Waals surface area contributed by atoms with Gasteiger partial charge in [0.2, 0.25) is 0 Å². The number of hydrogen-bond donors (Lipinski definition) is 1. The third-order valence-corrected chi connectivity index (χ3v) is 2.07. The molecule has 1 aromatic rings. The van der Waals surface area contributed by atoms with Crippen molar-refractivity contribution in [1.82, 2.24) is 4.98 Å². The Morgan fingerprint density at radius 2 is 2.23 bits per heavy atom. The summed E-state index contributed by atoms with van der Waals surface area (Å²) in [5, 5.41) is 0. The van der Waals surface area contributed by atoms with Gasteiger partial charge in [0.05, 0.1) is 11.4 Å². The average molecular weight is 208 g/mol. The Bertz CT molecular complexity index is 362. The van der Waals surface area contributed by atoms with E-state index in [0.29, 0.717) is 5.69 Å². The average Bonchev–Trinajstić information content (AvgIpc) is 2.04. The summed E-state index contributed by atoms with van der Waals surface area (Å²) < 4.78 is 24.4. The predicted molar refractivity (Wildman–Crippen MR) is 46.3 cm³/mol. The zero-order valence-electron chi connectivity index (χ0n) is 6.90. The molecule has 13 heavy (non-hydrogen) atoms. The lowest BCUT2D eigenvalue weighted by Gasteiger charge is -2.04. The highest BCUT2D eigenvalue weighted by molar-refractivity contribution is 6.17. The zero-order chi connectivity index (χ0) is 10.0. The molecule has 0 bridgehead atoms. The lowest BCUT2D eigenvalue weighted by atomic mass is 10.1. The topological polar surface area (TPSA) is 32.9 Å². The standard InChI is InChI=1S/C8H8ClF2NO/c1-4-5(2-9)7(13)6(3-12-4)8(10)11/h3,8H,2H2,1H3,(H,12,13). The fourth-order valence-electron chi connectivity index (χ4n) is 1.01. The fourth-order valence-corrected chi connectivity index (χ4v) is 1.33. The van der Waals surface area contributed by atoms with Gasteiger partial charge in [0, 0.05) is 17.5 Å². The van der Waals surface area contributed by atoms with E-state index < -0.39 is 17.4 Å². The van der Waals surface area contributed by atoms with Crippen molar-refractivity contribution in [3.63, 3.8) is 0 Å². The lowest BCUT2D eigenvalue weighted by Crippen LogP contribution is -2.16. The van der Waals surface area contributed by atoms with E-state index in [1.54, 1.807) is 6.92 Å². The highest BCUT2D eigenvalue weighted by Gasteiger charge is 2.15. The lowest BCUT2D eigenvalue weighted by molar-refractivity contribution is 0.149. The maximum atomic E-state index is 12.2. The first-order valence-electron chi connectivity index (χ1n) is 3.63. The number of H-pyrrole nitrogens is 1. The molecule has 0 fully saturated rings. The summed E-state index contributed by atoms with van der Waals surface area (Å²) in [5.41, 5.74) is -0.452. The van der Waals surface area contributed by atoms with Crippen LogP contribution in [0.3, 0.4) is 0 Å². The van der Waals surface area contributed by atoms with Gasteiger partial charge in [-0.15, -0.1) is 11.6 Å². The molecule has 0 saturated heterocycles. The van der Waals surface area contributed by atoms with Crippen molar-refractivity contribution in [1.29, 1.82) is 0 Å². The minimum atomic E-state index is -2.76. The van der Waals surface area contributed by atoms with Gasteiger partial charge in [-0.3, -0.25) is 4.79 Å². The van der Waals surface area contributed by atoms with Gasteiger partial charge >= 0.3 is 0 Å². The molecule has 0 aliphatic carbocycles. The molecule has 5 heteroatoms. The fraction of sp³-hybridized carbons (Fsp3) is 0.375. The summed E-state index contributed by atoms with van der Waals surface area (Å²) in [4.78, 5) is 13.9. The number of aromatic nitrogens is 1. The molecule has 1 heterocycles. The number of rotatable bonds is 2. The van der Waals surface area contributed by atoms with Crippen LogP contribution in [-0.4, -0.2) is 4.98 Å².